The van der Waals surface area contributed by atoms with Crippen LogP contribution in [0.5, 0.6) is 0 Å². The molecule has 2 heterocycles. The second-order valence-corrected chi connectivity index (χ2v) is 6.23. The molecule has 1 N–H and O–H groups in total. The predicted octanol–water partition coefficient (Wildman–Crippen LogP) is 4.20. The van der Waals surface area contributed by atoms with Gasteiger partial charge >= 0.3 is 11.6 Å². The number of carbonyl (C=O) groups excluding carboxylic acids is 1. The molecule has 4 aromatic rings. The molecule has 0 unspecified atom stereocenters. The zero-order valence-corrected chi connectivity index (χ0v) is 14.3. The van der Waals surface area contributed by atoms with Gasteiger partial charge in [-0.2, -0.15) is 0 Å². The Morgan fingerprint density at radius 1 is 1.15 bits per heavy atom. The Morgan fingerprint density at radius 2 is 2.00 bits per heavy atom. The summed E-state index contributed by atoms with van der Waals surface area (Å²) in [5, 5.41) is 1.47. The molecule has 0 spiro atoms. The molecule has 0 bridgehead atoms. The van der Waals surface area contributed by atoms with E-state index in [0.717, 1.165) is 16.5 Å². The van der Waals surface area contributed by atoms with Gasteiger partial charge in [-0.1, -0.05) is 18.2 Å². The summed E-state index contributed by atoms with van der Waals surface area (Å²) in [5.74, 6) is -1.00. The molecule has 0 radical (unpaired) electrons. The van der Waals surface area contributed by atoms with E-state index in [4.69, 9.17) is 9.15 Å². The number of para-hydroxylation sites is 1. The molecule has 0 amide bonds. The third-order valence-electron chi connectivity index (χ3n) is 4.41. The van der Waals surface area contributed by atoms with Crippen LogP contribution in [0.4, 0.5) is 4.39 Å². The van der Waals surface area contributed by atoms with Crippen LogP contribution in [0.3, 0.4) is 0 Å². The fraction of sp³-hybridized carbons (Fsp3) is 0.143. The average molecular weight is 365 g/mol. The molecule has 0 saturated carbocycles. The van der Waals surface area contributed by atoms with Crippen molar-refractivity contribution in [2.75, 3.05) is 6.61 Å². The molecule has 2 aromatic heterocycles. The lowest BCUT2D eigenvalue weighted by Crippen LogP contribution is -2.17. The van der Waals surface area contributed by atoms with E-state index in [1.807, 2.05) is 6.20 Å². The van der Waals surface area contributed by atoms with E-state index in [2.05, 4.69) is 4.98 Å². The number of carbonyl (C=O) groups is 1. The largest absolute Gasteiger partial charge is 0.462 e. The van der Waals surface area contributed by atoms with Gasteiger partial charge in [0.1, 0.15) is 17.0 Å². The highest BCUT2D eigenvalue weighted by Crippen LogP contribution is 2.20. The average Bonchev–Trinajstić information content (AvgIpc) is 3.06. The number of ether oxygens (including phenoxy) is 1. The van der Waals surface area contributed by atoms with Crippen molar-refractivity contribution in [2.45, 2.75) is 12.8 Å². The normalized spacial score (nSPS) is 11.1. The number of esters is 1. The van der Waals surface area contributed by atoms with Gasteiger partial charge in [0.05, 0.1) is 6.61 Å². The minimum atomic E-state index is -0.717. The van der Waals surface area contributed by atoms with E-state index in [9.17, 15) is 14.0 Å². The van der Waals surface area contributed by atoms with Gasteiger partial charge in [0.2, 0.25) is 0 Å². The number of aromatic nitrogens is 1. The van der Waals surface area contributed by atoms with Crippen LogP contribution in [-0.2, 0) is 11.2 Å². The van der Waals surface area contributed by atoms with Crippen molar-refractivity contribution in [2.24, 2.45) is 0 Å². The number of fused-ring (bicyclic) bond motifs is 2. The molecule has 0 aliphatic carbocycles. The molecule has 27 heavy (non-hydrogen) atoms. The number of hydrogen-bond donors (Lipinski definition) is 1. The Balaban J connectivity index is 1.40. The van der Waals surface area contributed by atoms with Gasteiger partial charge in [0, 0.05) is 22.5 Å². The quantitative estimate of drug-likeness (QED) is 0.327. The Kier molecular flexibility index (Phi) is 4.46. The summed E-state index contributed by atoms with van der Waals surface area (Å²) in [6.45, 7) is 0.146. The van der Waals surface area contributed by atoms with Gasteiger partial charge in [-0.25, -0.2) is 14.0 Å². The fourth-order valence-corrected chi connectivity index (χ4v) is 3.07. The van der Waals surface area contributed by atoms with E-state index in [-0.39, 0.29) is 18.0 Å². The molecule has 6 heteroatoms. The standard InChI is InChI=1S/C21H16FNO4/c22-15-7-8-18-16(11-15)14(12-23-18)5-3-9-26-20(24)17-10-13-4-1-2-6-19(13)27-21(17)25/h1-2,4,6-8,10-12,23H,3,5,9H2. The summed E-state index contributed by atoms with van der Waals surface area (Å²) in [6, 6.07) is 13.0. The highest BCUT2D eigenvalue weighted by molar-refractivity contribution is 5.92. The molecule has 0 saturated heterocycles. The van der Waals surface area contributed by atoms with Crippen molar-refractivity contribution >= 4 is 27.8 Å². The first-order chi connectivity index (χ1) is 13.1. The smallest absolute Gasteiger partial charge is 0.351 e. The first-order valence-corrected chi connectivity index (χ1v) is 8.57. The lowest BCUT2D eigenvalue weighted by molar-refractivity contribution is 0.0496. The van der Waals surface area contributed by atoms with E-state index in [0.29, 0.717) is 23.8 Å². The number of H-pyrrole nitrogens is 1. The summed E-state index contributed by atoms with van der Waals surface area (Å²) in [7, 11) is 0. The number of aryl methyl sites for hydroxylation is 1. The highest BCUT2D eigenvalue weighted by atomic mass is 19.1. The fourth-order valence-electron chi connectivity index (χ4n) is 3.07. The van der Waals surface area contributed by atoms with Crippen LogP contribution in [0, 0.1) is 5.82 Å². The Morgan fingerprint density at radius 3 is 2.89 bits per heavy atom. The molecule has 5 nitrogen and oxygen atoms in total. The Bertz CT molecular complexity index is 1190. The van der Waals surface area contributed by atoms with Gasteiger partial charge in [0.25, 0.3) is 0 Å². The molecule has 2 aromatic carbocycles. The van der Waals surface area contributed by atoms with Gasteiger partial charge in [0.15, 0.2) is 0 Å². The van der Waals surface area contributed by atoms with E-state index in [1.54, 1.807) is 30.3 Å². The number of rotatable bonds is 5. The van der Waals surface area contributed by atoms with Crippen LogP contribution in [0.25, 0.3) is 21.9 Å². The van der Waals surface area contributed by atoms with Crippen LogP contribution in [0.15, 0.2) is 63.9 Å². The van der Waals surface area contributed by atoms with Crippen LogP contribution >= 0.6 is 0 Å². The van der Waals surface area contributed by atoms with Crippen molar-refractivity contribution in [3.8, 4) is 0 Å². The minimum Gasteiger partial charge on any atom is -0.462 e. The van der Waals surface area contributed by atoms with E-state index >= 15 is 0 Å². The molecule has 4 rings (SSSR count). The van der Waals surface area contributed by atoms with Crippen LogP contribution in [0.1, 0.15) is 22.3 Å². The summed E-state index contributed by atoms with van der Waals surface area (Å²) in [5.41, 5.74) is 1.39. The third kappa shape index (κ3) is 3.46. The topological polar surface area (TPSA) is 72.3 Å². The highest BCUT2D eigenvalue weighted by Gasteiger charge is 2.15. The van der Waals surface area contributed by atoms with Crippen molar-refractivity contribution < 1.29 is 18.3 Å². The van der Waals surface area contributed by atoms with E-state index < -0.39 is 11.6 Å². The van der Waals surface area contributed by atoms with E-state index in [1.165, 1.54) is 18.2 Å². The number of hydrogen-bond acceptors (Lipinski definition) is 4. The maximum absolute atomic E-state index is 13.4. The summed E-state index contributed by atoms with van der Waals surface area (Å²) >= 11 is 0. The number of nitrogens with one attached hydrogen (secondary N) is 1. The second-order valence-electron chi connectivity index (χ2n) is 6.23. The first-order valence-electron chi connectivity index (χ1n) is 8.57. The number of aromatic amines is 1. The zero-order chi connectivity index (χ0) is 18.8. The van der Waals surface area contributed by atoms with Crippen molar-refractivity contribution in [3.05, 3.63) is 82.1 Å². The second kappa shape index (κ2) is 7.07. The molecule has 0 fully saturated rings. The SMILES string of the molecule is O=C(OCCCc1c[nH]c2ccc(F)cc12)c1cc2ccccc2oc1=O. The van der Waals surface area contributed by atoms with Crippen molar-refractivity contribution in [1.29, 1.82) is 0 Å². The van der Waals surface area contributed by atoms with Crippen LogP contribution < -0.4 is 5.63 Å². The first kappa shape index (κ1) is 17.0. The minimum absolute atomic E-state index is 0.122. The summed E-state index contributed by atoms with van der Waals surface area (Å²) < 4.78 is 23.8. The Labute approximate surface area is 153 Å². The van der Waals surface area contributed by atoms with Gasteiger partial charge in [-0.15, -0.1) is 0 Å². The van der Waals surface area contributed by atoms with Crippen LogP contribution in [-0.4, -0.2) is 17.6 Å². The molecule has 0 aliphatic rings. The number of halogens is 1. The van der Waals surface area contributed by atoms with Gasteiger partial charge < -0.3 is 14.1 Å². The van der Waals surface area contributed by atoms with Crippen molar-refractivity contribution in [3.63, 3.8) is 0 Å². The van der Waals surface area contributed by atoms with Crippen molar-refractivity contribution in [1.82, 2.24) is 4.98 Å². The molecular formula is C21H16FNO4. The lowest BCUT2D eigenvalue weighted by Gasteiger charge is -2.05. The third-order valence-corrected chi connectivity index (χ3v) is 4.41. The maximum atomic E-state index is 13.4. The van der Waals surface area contributed by atoms with Crippen LogP contribution in [0.2, 0.25) is 0 Å². The molecule has 0 atom stereocenters. The number of benzene rings is 2. The lowest BCUT2D eigenvalue weighted by atomic mass is 10.1. The summed E-state index contributed by atoms with van der Waals surface area (Å²) in [4.78, 5) is 27.2. The molecule has 136 valence electrons. The maximum Gasteiger partial charge on any atom is 0.351 e. The zero-order valence-electron chi connectivity index (χ0n) is 14.3. The Hall–Kier alpha value is -3.41. The summed E-state index contributed by atoms with van der Waals surface area (Å²) in [6.07, 6.45) is 2.99. The predicted molar refractivity (Wildman–Crippen MR) is 99.3 cm³/mol. The monoisotopic (exact) mass is 365 g/mol. The molecular weight excluding hydrogens is 349 g/mol. The van der Waals surface area contributed by atoms with Gasteiger partial charge in [-0.05, 0) is 48.7 Å². The molecule has 0 aliphatic heterocycles. The van der Waals surface area contributed by atoms with Gasteiger partial charge in [-0.3, -0.25) is 0 Å².